The molecule has 5 rings (SSSR count). The maximum absolute atomic E-state index is 13.3. The van der Waals surface area contributed by atoms with Crippen LogP contribution in [0, 0.1) is 18.3 Å². The molecule has 6 nitrogen and oxygen atoms in total. The lowest BCUT2D eigenvalue weighted by atomic mass is 9.93. The highest BCUT2D eigenvalue weighted by atomic mass is 16.3. The van der Waals surface area contributed by atoms with Crippen molar-refractivity contribution in [3.8, 4) is 6.07 Å². The minimum atomic E-state index is -0.341. The summed E-state index contributed by atoms with van der Waals surface area (Å²) >= 11 is 0. The van der Waals surface area contributed by atoms with Gasteiger partial charge < -0.3 is 14.8 Å². The number of furan rings is 1. The molecule has 2 atom stereocenters. The summed E-state index contributed by atoms with van der Waals surface area (Å²) in [4.78, 5) is 17.3. The molecule has 5 aromatic rings. The van der Waals surface area contributed by atoms with E-state index in [4.69, 9.17) is 4.42 Å². The van der Waals surface area contributed by atoms with Gasteiger partial charge in [0.05, 0.1) is 36.6 Å². The van der Waals surface area contributed by atoms with Gasteiger partial charge in [0.15, 0.2) is 0 Å². The number of aliphatic hydroxyl groups is 1. The quantitative estimate of drug-likeness (QED) is 0.289. The fraction of sp³-hybridized carbons (Fsp3) is 0.156. The number of hydrogen-bond acceptors (Lipinski definition) is 5. The molecule has 0 saturated heterocycles. The maximum atomic E-state index is 13.3. The Balaban J connectivity index is 1.38. The number of aromatic nitrogens is 1. The monoisotopic (exact) mass is 501 g/mol. The van der Waals surface area contributed by atoms with E-state index in [-0.39, 0.29) is 30.9 Å². The number of benzene rings is 3. The molecule has 3 aromatic carbocycles. The first kappa shape index (κ1) is 24.9. The van der Waals surface area contributed by atoms with Crippen LogP contribution in [0.15, 0.2) is 102 Å². The zero-order valence-electron chi connectivity index (χ0n) is 21.0. The number of nitrogens with zero attached hydrogens (tertiary/aromatic N) is 2. The van der Waals surface area contributed by atoms with E-state index in [0.717, 1.165) is 33.2 Å². The van der Waals surface area contributed by atoms with Crippen LogP contribution in [0.5, 0.6) is 0 Å². The highest BCUT2D eigenvalue weighted by Crippen LogP contribution is 2.31. The second-order valence-corrected chi connectivity index (χ2v) is 9.31. The number of amides is 1. The van der Waals surface area contributed by atoms with Crippen molar-refractivity contribution in [2.75, 3.05) is 6.61 Å². The molecule has 0 fully saturated rings. The molecule has 0 aliphatic heterocycles. The largest absolute Gasteiger partial charge is 0.460 e. The van der Waals surface area contributed by atoms with Crippen molar-refractivity contribution in [1.82, 2.24) is 10.3 Å². The number of hydrogen-bond donors (Lipinski definition) is 2. The molecule has 0 spiro atoms. The number of aryl methyl sites for hydroxylation is 1. The summed E-state index contributed by atoms with van der Waals surface area (Å²) in [6, 6.07) is 28.5. The van der Waals surface area contributed by atoms with Crippen LogP contribution in [-0.2, 0) is 11.2 Å². The lowest BCUT2D eigenvalue weighted by molar-refractivity contribution is -0.120. The zero-order chi connectivity index (χ0) is 26.5. The Morgan fingerprint density at radius 1 is 1.00 bits per heavy atom. The molecule has 2 N–H and O–H groups in total. The van der Waals surface area contributed by atoms with Crippen molar-refractivity contribution in [3.63, 3.8) is 0 Å². The average molecular weight is 502 g/mol. The number of carbonyl (C=O) groups excluding carboxylic acids is 1. The lowest BCUT2D eigenvalue weighted by Gasteiger charge is -2.22. The summed E-state index contributed by atoms with van der Waals surface area (Å²) in [5.74, 6) is 0.255. The second kappa shape index (κ2) is 11.1. The number of pyridine rings is 1. The normalized spacial score (nSPS) is 12.6. The van der Waals surface area contributed by atoms with Crippen LogP contribution in [0.4, 0.5) is 0 Å². The third-order valence-corrected chi connectivity index (χ3v) is 6.75. The van der Waals surface area contributed by atoms with E-state index < -0.39 is 0 Å². The molecule has 188 valence electrons. The van der Waals surface area contributed by atoms with Crippen molar-refractivity contribution in [2.45, 2.75) is 25.3 Å². The topological polar surface area (TPSA) is 99.2 Å². The van der Waals surface area contributed by atoms with Gasteiger partial charge in [0.1, 0.15) is 11.3 Å². The van der Waals surface area contributed by atoms with Crippen LogP contribution >= 0.6 is 0 Å². The van der Waals surface area contributed by atoms with Gasteiger partial charge in [-0.2, -0.15) is 5.26 Å². The zero-order valence-corrected chi connectivity index (χ0v) is 21.0. The number of nitrogens with one attached hydrogen (secondary N) is 1. The van der Waals surface area contributed by atoms with E-state index >= 15 is 0 Å². The van der Waals surface area contributed by atoms with Crippen molar-refractivity contribution in [2.24, 2.45) is 0 Å². The molecule has 38 heavy (non-hydrogen) atoms. The predicted molar refractivity (Wildman–Crippen MR) is 145 cm³/mol. The van der Waals surface area contributed by atoms with Gasteiger partial charge in [0.2, 0.25) is 5.91 Å². The highest BCUT2D eigenvalue weighted by Gasteiger charge is 2.21. The second-order valence-electron chi connectivity index (χ2n) is 9.31. The molecular weight excluding hydrogens is 474 g/mol. The number of aliphatic hydroxyl groups excluding tert-OH is 1. The molecule has 0 aliphatic rings. The van der Waals surface area contributed by atoms with E-state index in [1.54, 1.807) is 18.5 Å². The summed E-state index contributed by atoms with van der Waals surface area (Å²) in [5.41, 5.74) is 5.93. The van der Waals surface area contributed by atoms with Gasteiger partial charge in [-0.3, -0.25) is 9.78 Å². The lowest BCUT2D eigenvalue weighted by Crippen LogP contribution is -2.31. The highest BCUT2D eigenvalue weighted by molar-refractivity contribution is 5.83. The summed E-state index contributed by atoms with van der Waals surface area (Å²) in [6.45, 7) is 1.86. The van der Waals surface area contributed by atoms with E-state index in [1.807, 2.05) is 85.8 Å². The molecule has 0 radical (unpaired) electrons. The number of fused-ring (bicyclic) bond motifs is 1. The maximum Gasteiger partial charge on any atom is 0.225 e. The van der Waals surface area contributed by atoms with E-state index in [0.29, 0.717) is 16.9 Å². The Morgan fingerprint density at radius 3 is 2.50 bits per heavy atom. The summed E-state index contributed by atoms with van der Waals surface area (Å²) in [6.07, 6.45) is 3.59. The van der Waals surface area contributed by atoms with E-state index in [1.165, 1.54) is 0 Å². The first-order chi connectivity index (χ1) is 18.6. The molecular formula is C32H27N3O3. The van der Waals surface area contributed by atoms with Gasteiger partial charge >= 0.3 is 0 Å². The number of carbonyl (C=O) groups is 1. The van der Waals surface area contributed by atoms with Crippen molar-refractivity contribution in [3.05, 3.63) is 136 Å². The smallest absolute Gasteiger partial charge is 0.225 e. The molecule has 2 aromatic heterocycles. The Bertz CT molecular complexity index is 1600. The fourth-order valence-corrected chi connectivity index (χ4v) is 4.80. The van der Waals surface area contributed by atoms with E-state index in [2.05, 4.69) is 16.4 Å². The van der Waals surface area contributed by atoms with Gasteiger partial charge in [0.25, 0.3) is 0 Å². The standard InChI is InChI=1S/C32H27N3O3/c1-21-15-23(19-33)7-9-27(21)32(25-5-3-2-4-6-25)35-31(37)17-22-8-10-29-26(16-22)18-30(38-29)28(20-36)24-11-13-34-14-12-24/h2-16,18,28,32,36H,17,20H2,1H3,(H,35,37). The third kappa shape index (κ3) is 5.34. The van der Waals surface area contributed by atoms with Crippen molar-refractivity contribution in [1.29, 1.82) is 5.26 Å². The van der Waals surface area contributed by atoms with Gasteiger partial charge in [-0.05, 0) is 77.2 Å². The first-order valence-corrected chi connectivity index (χ1v) is 12.4. The minimum absolute atomic E-state index is 0.0886. The van der Waals surface area contributed by atoms with Crippen LogP contribution < -0.4 is 5.32 Å². The van der Waals surface area contributed by atoms with Crippen molar-refractivity contribution < 1.29 is 14.3 Å². The molecule has 0 bridgehead atoms. The fourth-order valence-electron chi connectivity index (χ4n) is 4.80. The van der Waals surface area contributed by atoms with Gasteiger partial charge in [-0.15, -0.1) is 0 Å². The molecule has 6 heteroatoms. The van der Waals surface area contributed by atoms with Crippen LogP contribution in [0.3, 0.4) is 0 Å². The minimum Gasteiger partial charge on any atom is -0.460 e. The van der Waals surface area contributed by atoms with Gasteiger partial charge in [-0.25, -0.2) is 0 Å². The predicted octanol–water partition coefficient (Wildman–Crippen LogP) is 5.58. The third-order valence-electron chi connectivity index (χ3n) is 6.75. The van der Waals surface area contributed by atoms with Crippen LogP contribution in [0.25, 0.3) is 11.0 Å². The Labute approximate surface area is 221 Å². The Morgan fingerprint density at radius 2 is 1.79 bits per heavy atom. The number of rotatable bonds is 8. The summed E-state index contributed by atoms with van der Waals surface area (Å²) in [5, 5.41) is 23.3. The average Bonchev–Trinajstić information content (AvgIpc) is 3.36. The molecule has 0 aliphatic carbocycles. The Kier molecular flexibility index (Phi) is 7.30. The number of nitriles is 1. The Hall–Kier alpha value is -4.73. The van der Waals surface area contributed by atoms with Crippen LogP contribution in [0.1, 0.15) is 51.1 Å². The molecule has 2 heterocycles. The van der Waals surface area contributed by atoms with Gasteiger partial charge in [-0.1, -0.05) is 42.5 Å². The SMILES string of the molecule is Cc1cc(C#N)ccc1C(NC(=O)Cc1ccc2oc(C(CO)c3ccncc3)cc2c1)c1ccccc1. The molecule has 0 saturated carbocycles. The van der Waals surface area contributed by atoms with Crippen LogP contribution in [0.2, 0.25) is 0 Å². The first-order valence-electron chi connectivity index (χ1n) is 12.4. The molecule has 2 unspecified atom stereocenters. The van der Waals surface area contributed by atoms with Gasteiger partial charge in [0, 0.05) is 17.8 Å². The molecule has 1 amide bonds. The van der Waals surface area contributed by atoms with Crippen LogP contribution in [-0.4, -0.2) is 22.6 Å². The summed E-state index contributed by atoms with van der Waals surface area (Å²) < 4.78 is 6.04. The van der Waals surface area contributed by atoms with E-state index in [9.17, 15) is 15.2 Å². The van der Waals surface area contributed by atoms with Crippen molar-refractivity contribution >= 4 is 16.9 Å². The summed E-state index contributed by atoms with van der Waals surface area (Å²) in [7, 11) is 0.